The highest BCUT2D eigenvalue weighted by atomic mass is 19.1. The van der Waals surface area contributed by atoms with Gasteiger partial charge in [-0.25, -0.2) is 9.37 Å². The van der Waals surface area contributed by atoms with Crippen molar-refractivity contribution in [3.05, 3.63) is 47.9 Å². The van der Waals surface area contributed by atoms with Crippen molar-refractivity contribution >= 4 is 11.8 Å². The van der Waals surface area contributed by atoms with Gasteiger partial charge < -0.3 is 10.6 Å². The van der Waals surface area contributed by atoms with Crippen molar-refractivity contribution in [2.45, 2.75) is 44.6 Å². The quantitative estimate of drug-likeness (QED) is 0.845. The fraction of sp³-hybridized carbons (Fsp3) is 0.444. The Morgan fingerprint density at radius 3 is 2.61 bits per heavy atom. The van der Waals surface area contributed by atoms with Gasteiger partial charge in [0.05, 0.1) is 0 Å². The largest absolute Gasteiger partial charge is 0.367 e. The molecule has 1 fully saturated rings. The third-order valence-corrected chi connectivity index (χ3v) is 4.22. The highest BCUT2D eigenvalue weighted by Gasteiger charge is 2.13. The normalized spacial score (nSPS) is 15.3. The van der Waals surface area contributed by atoms with Gasteiger partial charge in [0.2, 0.25) is 5.95 Å². The first-order chi connectivity index (χ1) is 11.3. The van der Waals surface area contributed by atoms with Gasteiger partial charge in [-0.15, -0.1) is 0 Å². The first-order valence-electron chi connectivity index (χ1n) is 8.37. The highest BCUT2D eigenvalue weighted by Crippen LogP contribution is 2.20. The van der Waals surface area contributed by atoms with E-state index in [2.05, 4.69) is 20.6 Å². The van der Waals surface area contributed by atoms with Crippen molar-refractivity contribution < 1.29 is 4.39 Å². The molecular formula is C18H23FN4. The van der Waals surface area contributed by atoms with Gasteiger partial charge in [0.25, 0.3) is 0 Å². The first kappa shape index (κ1) is 15.7. The zero-order valence-corrected chi connectivity index (χ0v) is 13.3. The number of rotatable bonds is 6. The molecule has 0 radical (unpaired) electrons. The second-order valence-electron chi connectivity index (χ2n) is 6.05. The van der Waals surface area contributed by atoms with Crippen LogP contribution < -0.4 is 10.6 Å². The summed E-state index contributed by atoms with van der Waals surface area (Å²) in [6.07, 6.45) is 8.96. The predicted octanol–water partition coefficient (Wildman–Crippen LogP) is 4.01. The number of nitrogens with zero attached hydrogens (tertiary/aromatic N) is 2. The molecule has 1 saturated carbocycles. The molecule has 1 aromatic carbocycles. The molecule has 1 aliphatic rings. The van der Waals surface area contributed by atoms with Gasteiger partial charge in [-0.05, 0) is 43.0 Å². The third-order valence-electron chi connectivity index (χ3n) is 4.22. The summed E-state index contributed by atoms with van der Waals surface area (Å²) in [5, 5.41) is 6.73. The number of nitrogens with one attached hydrogen (secondary N) is 2. The summed E-state index contributed by atoms with van der Waals surface area (Å²) in [6, 6.07) is 9.03. The molecule has 0 atom stereocenters. The maximum Gasteiger partial charge on any atom is 0.224 e. The molecule has 2 N–H and O–H groups in total. The van der Waals surface area contributed by atoms with Gasteiger partial charge in [-0.3, -0.25) is 0 Å². The lowest BCUT2D eigenvalue weighted by Gasteiger charge is -2.23. The average molecular weight is 314 g/mol. The molecule has 23 heavy (non-hydrogen) atoms. The van der Waals surface area contributed by atoms with E-state index in [1.54, 1.807) is 18.3 Å². The van der Waals surface area contributed by atoms with E-state index in [4.69, 9.17) is 0 Å². The van der Waals surface area contributed by atoms with Crippen molar-refractivity contribution in [3.8, 4) is 0 Å². The summed E-state index contributed by atoms with van der Waals surface area (Å²) in [7, 11) is 0. The number of aromatic nitrogens is 2. The molecule has 0 spiro atoms. The maximum absolute atomic E-state index is 12.9. The molecule has 1 aromatic heterocycles. The van der Waals surface area contributed by atoms with Gasteiger partial charge in [0.1, 0.15) is 11.6 Å². The van der Waals surface area contributed by atoms with E-state index in [0.29, 0.717) is 12.0 Å². The van der Waals surface area contributed by atoms with E-state index >= 15 is 0 Å². The van der Waals surface area contributed by atoms with Gasteiger partial charge in [-0.2, -0.15) is 4.98 Å². The monoisotopic (exact) mass is 314 g/mol. The lowest BCUT2D eigenvalue weighted by atomic mass is 9.95. The van der Waals surface area contributed by atoms with E-state index in [-0.39, 0.29) is 5.82 Å². The van der Waals surface area contributed by atoms with E-state index < -0.39 is 0 Å². The number of anilines is 2. The van der Waals surface area contributed by atoms with Crippen LogP contribution in [0.15, 0.2) is 36.5 Å². The van der Waals surface area contributed by atoms with Gasteiger partial charge >= 0.3 is 0 Å². The molecule has 0 bridgehead atoms. The Kier molecular flexibility index (Phi) is 5.40. The summed E-state index contributed by atoms with van der Waals surface area (Å²) >= 11 is 0. The fourth-order valence-corrected chi connectivity index (χ4v) is 2.95. The summed E-state index contributed by atoms with van der Waals surface area (Å²) < 4.78 is 12.9. The molecule has 1 aliphatic carbocycles. The van der Waals surface area contributed by atoms with Gasteiger partial charge in [-0.1, -0.05) is 31.4 Å². The number of hydrogen-bond acceptors (Lipinski definition) is 4. The SMILES string of the molecule is Fc1ccc(CCNc2nccc(NC3CCCCC3)n2)cc1. The minimum absolute atomic E-state index is 0.202. The average Bonchev–Trinajstić information content (AvgIpc) is 2.58. The summed E-state index contributed by atoms with van der Waals surface area (Å²) in [6.45, 7) is 0.721. The van der Waals surface area contributed by atoms with E-state index in [1.165, 1.54) is 44.2 Å². The van der Waals surface area contributed by atoms with Crippen LogP contribution in [0.2, 0.25) is 0 Å². The lowest BCUT2D eigenvalue weighted by molar-refractivity contribution is 0.462. The van der Waals surface area contributed by atoms with Crippen molar-refractivity contribution in [1.29, 1.82) is 0 Å². The minimum atomic E-state index is -0.202. The minimum Gasteiger partial charge on any atom is -0.367 e. The van der Waals surface area contributed by atoms with Crippen LogP contribution in [0.1, 0.15) is 37.7 Å². The standard InChI is InChI=1S/C18H23FN4/c19-15-8-6-14(7-9-15)10-12-20-18-21-13-11-17(23-18)22-16-4-2-1-3-5-16/h6-9,11,13,16H,1-5,10,12H2,(H2,20,21,22,23). The topological polar surface area (TPSA) is 49.8 Å². The maximum atomic E-state index is 12.9. The van der Waals surface area contributed by atoms with Crippen LogP contribution in [-0.4, -0.2) is 22.6 Å². The molecule has 0 amide bonds. The molecule has 3 rings (SSSR count). The summed E-state index contributed by atoms with van der Waals surface area (Å²) in [4.78, 5) is 8.77. The molecule has 0 aliphatic heterocycles. The smallest absolute Gasteiger partial charge is 0.224 e. The van der Waals surface area contributed by atoms with Crippen LogP contribution in [0, 0.1) is 5.82 Å². The number of hydrogen-bond donors (Lipinski definition) is 2. The van der Waals surface area contributed by atoms with Crippen LogP contribution in [0.5, 0.6) is 0 Å². The number of benzene rings is 1. The molecule has 0 saturated heterocycles. The van der Waals surface area contributed by atoms with E-state index in [1.807, 2.05) is 6.07 Å². The second-order valence-corrected chi connectivity index (χ2v) is 6.05. The zero-order valence-electron chi connectivity index (χ0n) is 13.3. The highest BCUT2D eigenvalue weighted by molar-refractivity contribution is 5.40. The van der Waals surface area contributed by atoms with Crippen molar-refractivity contribution in [3.63, 3.8) is 0 Å². The van der Waals surface area contributed by atoms with Crippen LogP contribution in [0.25, 0.3) is 0 Å². The molecule has 5 heteroatoms. The molecule has 122 valence electrons. The lowest BCUT2D eigenvalue weighted by Crippen LogP contribution is -2.23. The Morgan fingerprint density at radius 2 is 1.83 bits per heavy atom. The Hall–Kier alpha value is -2.17. The van der Waals surface area contributed by atoms with E-state index in [0.717, 1.165) is 24.3 Å². The third kappa shape index (κ3) is 4.91. The van der Waals surface area contributed by atoms with Gasteiger partial charge in [0, 0.05) is 18.8 Å². The predicted molar refractivity (Wildman–Crippen MR) is 91.1 cm³/mol. The van der Waals surface area contributed by atoms with Crippen molar-refractivity contribution in [2.75, 3.05) is 17.2 Å². The first-order valence-corrected chi connectivity index (χ1v) is 8.37. The molecule has 2 aromatic rings. The van der Waals surface area contributed by atoms with E-state index in [9.17, 15) is 4.39 Å². The Balaban J connectivity index is 1.49. The van der Waals surface area contributed by atoms with Crippen LogP contribution >= 0.6 is 0 Å². The fourth-order valence-electron chi connectivity index (χ4n) is 2.95. The number of halogens is 1. The zero-order chi connectivity index (χ0) is 15.9. The van der Waals surface area contributed by atoms with Crippen molar-refractivity contribution in [1.82, 2.24) is 9.97 Å². The molecule has 4 nitrogen and oxygen atoms in total. The molecular weight excluding hydrogens is 291 g/mol. The van der Waals surface area contributed by atoms with Crippen LogP contribution in [-0.2, 0) is 6.42 Å². The summed E-state index contributed by atoms with van der Waals surface area (Å²) in [5.74, 6) is 1.32. The van der Waals surface area contributed by atoms with Crippen LogP contribution in [0.4, 0.5) is 16.2 Å². The summed E-state index contributed by atoms with van der Waals surface area (Å²) in [5.41, 5.74) is 1.09. The Labute approximate surface area is 136 Å². The van der Waals surface area contributed by atoms with Crippen LogP contribution in [0.3, 0.4) is 0 Å². The Morgan fingerprint density at radius 1 is 1.04 bits per heavy atom. The van der Waals surface area contributed by atoms with Crippen molar-refractivity contribution in [2.24, 2.45) is 0 Å². The van der Waals surface area contributed by atoms with Gasteiger partial charge in [0.15, 0.2) is 0 Å². The second kappa shape index (κ2) is 7.90. The Bertz CT molecular complexity index is 609. The molecule has 0 unspecified atom stereocenters. The molecule has 1 heterocycles.